The Morgan fingerprint density at radius 1 is 1.35 bits per heavy atom. The zero-order valence-corrected chi connectivity index (χ0v) is 11.9. The van der Waals surface area contributed by atoms with E-state index < -0.39 is 12.0 Å². The molecule has 0 aliphatic heterocycles. The van der Waals surface area contributed by atoms with E-state index in [9.17, 15) is 9.59 Å². The fourth-order valence-corrected chi connectivity index (χ4v) is 1.85. The number of carboxylic acids is 1. The minimum Gasteiger partial charge on any atom is -0.480 e. The van der Waals surface area contributed by atoms with Gasteiger partial charge in [-0.1, -0.05) is 29.8 Å². The predicted molar refractivity (Wildman–Crippen MR) is 78.8 cm³/mol. The molecule has 0 saturated heterocycles. The van der Waals surface area contributed by atoms with Gasteiger partial charge in [0, 0.05) is 11.4 Å². The second kappa shape index (κ2) is 8.38. The lowest BCUT2D eigenvalue weighted by atomic mass is 10.1. The number of carbonyl (C=O) groups is 2. The predicted octanol–water partition coefficient (Wildman–Crippen LogP) is 2.81. The number of carbonyl (C=O) groups excluding carboxylic acids is 1. The number of hydrogen-bond acceptors (Lipinski definition) is 2. The maximum Gasteiger partial charge on any atom is 0.326 e. The first-order valence-electron chi connectivity index (χ1n) is 6.40. The van der Waals surface area contributed by atoms with E-state index in [2.05, 4.69) is 11.9 Å². The molecular formula is C15H18ClNO3. The van der Waals surface area contributed by atoms with Gasteiger partial charge in [0.15, 0.2) is 0 Å². The Kier molecular flexibility index (Phi) is 6.81. The Morgan fingerprint density at radius 3 is 2.55 bits per heavy atom. The van der Waals surface area contributed by atoms with Crippen LogP contribution < -0.4 is 5.32 Å². The lowest BCUT2D eigenvalue weighted by molar-refractivity contribution is -0.142. The first-order valence-corrected chi connectivity index (χ1v) is 6.78. The summed E-state index contributed by atoms with van der Waals surface area (Å²) >= 11 is 5.78. The molecule has 0 aromatic heterocycles. The highest BCUT2D eigenvalue weighted by molar-refractivity contribution is 6.30. The lowest BCUT2D eigenvalue weighted by Crippen LogP contribution is -2.40. The van der Waals surface area contributed by atoms with Crippen LogP contribution in [0.3, 0.4) is 0 Å². The molecule has 0 unspecified atom stereocenters. The normalized spacial score (nSPS) is 11.7. The largest absolute Gasteiger partial charge is 0.480 e. The summed E-state index contributed by atoms with van der Waals surface area (Å²) in [5.74, 6) is -1.29. The Bertz CT molecular complexity index is 471. The summed E-state index contributed by atoms with van der Waals surface area (Å²) < 4.78 is 0. The number of benzene rings is 1. The Labute approximate surface area is 123 Å². The van der Waals surface area contributed by atoms with Crippen LogP contribution in [0.1, 0.15) is 24.8 Å². The number of allylic oxidation sites excluding steroid dienone is 1. The molecule has 20 heavy (non-hydrogen) atoms. The van der Waals surface area contributed by atoms with Gasteiger partial charge in [0.05, 0.1) is 0 Å². The van der Waals surface area contributed by atoms with E-state index in [1.54, 1.807) is 18.2 Å². The summed E-state index contributed by atoms with van der Waals surface area (Å²) in [4.78, 5) is 22.7. The second-order valence-electron chi connectivity index (χ2n) is 4.45. The van der Waals surface area contributed by atoms with Crippen molar-refractivity contribution in [3.05, 3.63) is 47.5 Å². The Morgan fingerprint density at radius 2 is 2.00 bits per heavy atom. The van der Waals surface area contributed by atoms with Crippen molar-refractivity contribution >= 4 is 23.5 Å². The topological polar surface area (TPSA) is 66.4 Å². The van der Waals surface area contributed by atoms with Crippen molar-refractivity contribution in [2.24, 2.45) is 0 Å². The lowest BCUT2D eigenvalue weighted by Gasteiger charge is -2.14. The number of carboxylic acid groups (broad SMARTS) is 1. The molecule has 1 atom stereocenters. The minimum atomic E-state index is -1.02. The highest BCUT2D eigenvalue weighted by Crippen LogP contribution is 2.12. The van der Waals surface area contributed by atoms with Crippen LogP contribution in [0.5, 0.6) is 0 Å². The van der Waals surface area contributed by atoms with E-state index in [0.29, 0.717) is 24.3 Å². The van der Waals surface area contributed by atoms with E-state index in [1.807, 2.05) is 12.1 Å². The fraction of sp³-hybridized carbons (Fsp3) is 0.333. The van der Waals surface area contributed by atoms with Gasteiger partial charge >= 0.3 is 5.97 Å². The average Bonchev–Trinajstić information content (AvgIpc) is 2.42. The minimum absolute atomic E-state index is 0.258. The molecule has 108 valence electrons. The van der Waals surface area contributed by atoms with E-state index >= 15 is 0 Å². The van der Waals surface area contributed by atoms with Crippen LogP contribution in [-0.2, 0) is 16.0 Å². The van der Waals surface area contributed by atoms with Crippen LogP contribution in [0.15, 0.2) is 36.9 Å². The van der Waals surface area contributed by atoms with Crippen molar-refractivity contribution in [1.82, 2.24) is 5.32 Å². The number of hydrogen-bond donors (Lipinski definition) is 2. The zero-order valence-electron chi connectivity index (χ0n) is 11.1. The standard InChI is InChI=1S/C15H18ClNO3/c1-2-3-4-14(18)17-13(15(19)20)10-7-11-5-8-12(16)9-6-11/h2,5-6,8-9,13H,1,3-4,7,10H2,(H,17,18)(H,19,20)/t13-/m0/s1. The van der Waals surface area contributed by atoms with E-state index in [0.717, 1.165) is 5.56 Å². The van der Waals surface area contributed by atoms with Gasteiger partial charge in [-0.25, -0.2) is 4.79 Å². The Hall–Kier alpha value is -1.81. The van der Waals surface area contributed by atoms with Gasteiger partial charge in [-0.3, -0.25) is 4.79 Å². The molecule has 4 nitrogen and oxygen atoms in total. The van der Waals surface area contributed by atoms with E-state index in [1.165, 1.54) is 0 Å². The molecule has 0 heterocycles. The third-order valence-electron chi connectivity index (χ3n) is 2.84. The molecular weight excluding hydrogens is 278 g/mol. The molecule has 1 rings (SSSR count). The number of amides is 1. The second-order valence-corrected chi connectivity index (χ2v) is 4.89. The van der Waals surface area contributed by atoms with Crippen molar-refractivity contribution < 1.29 is 14.7 Å². The van der Waals surface area contributed by atoms with Crippen molar-refractivity contribution in [1.29, 1.82) is 0 Å². The third-order valence-corrected chi connectivity index (χ3v) is 3.10. The smallest absolute Gasteiger partial charge is 0.326 e. The summed E-state index contributed by atoms with van der Waals surface area (Å²) in [5, 5.41) is 12.3. The van der Waals surface area contributed by atoms with Crippen molar-refractivity contribution in [2.45, 2.75) is 31.7 Å². The molecule has 0 fully saturated rings. The first kappa shape index (κ1) is 16.2. The van der Waals surface area contributed by atoms with Crippen LogP contribution in [0, 0.1) is 0 Å². The zero-order chi connectivity index (χ0) is 15.0. The van der Waals surface area contributed by atoms with Gasteiger partial charge in [-0.15, -0.1) is 6.58 Å². The van der Waals surface area contributed by atoms with Gasteiger partial charge in [-0.05, 0) is 37.0 Å². The molecule has 1 aromatic rings. The molecule has 1 amide bonds. The van der Waals surface area contributed by atoms with Crippen molar-refractivity contribution in [3.8, 4) is 0 Å². The van der Waals surface area contributed by atoms with Crippen LogP contribution in [-0.4, -0.2) is 23.0 Å². The van der Waals surface area contributed by atoms with Crippen LogP contribution in [0.4, 0.5) is 0 Å². The molecule has 0 spiro atoms. The number of rotatable bonds is 8. The summed E-state index contributed by atoms with van der Waals surface area (Å²) in [6.45, 7) is 3.52. The number of aliphatic carboxylic acids is 1. The molecule has 0 aliphatic rings. The summed E-state index contributed by atoms with van der Waals surface area (Å²) in [6.07, 6.45) is 3.33. The van der Waals surface area contributed by atoms with Gasteiger partial charge in [0.1, 0.15) is 6.04 Å². The molecule has 1 aromatic carbocycles. The quantitative estimate of drug-likeness (QED) is 0.725. The molecule has 0 bridgehead atoms. The molecule has 5 heteroatoms. The van der Waals surface area contributed by atoms with Gasteiger partial charge in [0.25, 0.3) is 0 Å². The summed E-state index contributed by atoms with van der Waals surface area (Å²) in [6, 6.07) is 6.34. The van der Waals surface area contributed by atoms with E-state index in [-0.39, 0.29) is 12.3 Å². The SMILES string of the molecule is C=CCCC(=O)N[C@@H](CCc1ccc(Cl)cc1)C(=O)O. The van der Waals surface area contributed by atoms with Gasteiger partial charge in [0.2, 0.25) is 5.91 Å². The van der Waals surface area contributed by atoms with Gasteiger partial charge < -0.3 is 10.4 Å². The fourth-order valence-electron chi connectivity index (χ4n) is 1.72. The number of aryl methyl sites for hydroxylation is 1. The summed E-state index contributed by atoms with van der Waals surface area (Å²) in [5.41, 5.74) is 0.987. The van der Waals surface area contributed by atoms with Gasteiger partial charge in [-0.2, -0.15) is 0 Å². The molecule has 0 radical (unpaired) electrons. The monoisotopic (exact) mass is 295 g/mol. The third kappa shape index (κ3) is 5.89. The molecule has 0 saturated carbocycles. The van der Waals surface area contributed by atoms with Crippen molar-refractivity contribution in [2.75, 3.05) is 0 Å². The molecule has 0 aliphatic carbocycles. The highest BCUT2D eigenvalue weighted by Gasteiger charge is 2.19. The highest BCUT2D eigenvalue weighted by atomic mass is 35.5. The average molecular weight is 296 g/mol. The molecule has 2 N–H and O–H groups in total. The van der Waals surface area contributed by atoms with E-state index in [4.69, 9.17) is 16.7 Å². The Balaban J connectivity index is 2.50. The van der Waals surface area contributed by atoms with Crippen molar-refractivity contribution in [3.63, 3.8) is 0 Å². The maximum absolute atomic E-state index is 11.5. The summed E-state index contributed by atoms with van der Waals surface area (Å²) in [7, 11) is 0. The van der Waals surface area contributed by atoms with Crippen LogP contribution in [0.25, 0.3) is 0 Å². The van der Waals surface area contributed by atoms with Crippen LogP contribution >= 0.6 is 11.6 Å². The van der Waals surface area contributed by atoms with Crippen LogP contribution in [0.2, 0.25) is 5.02 Å². The number of halogens is 1. The maximum atomic E-state index is 11.5. The number of nitrogens with one attached hydrogen (secondary N) is 1. The first-order chi connectivity index (χ1) is 9.52.